The molecule has 1 N–H and O–H groups in total. The minimum absolute atomic E-state index is 0.0520. The molecule has 5 nitrogen and oxygen atoms in total. The summed E-state index contributed by atoms with van der Waals surface area (Å²) in [5.41, 5.74) is 4.32. The number of fused-ring (bicyclic) bond motifs is 5. The van der Waals surface area contributed by atoms with Crippen LogP contribution in [0.3, 0.4) is 0 Å². The van der Waals surface area contributed by atoms with Gasteiger partial charge >= 0.3 is 12.1 Å². The van der Waals surface area contributed by atoms with Gasteiger partial charge in [-0.1, -0.05) is 48.5 Å². The fraction of sp³-hybridized carbons (Fsp3) is 0.364. The second-order valence-corrected chi connectivity index (χ2v) is 7.88. The maximum atomic E-state index is 15.1. The van der Waals surface area contributed by atoms with Gasteiger partial charge in [0.1, 0.15) is 12.6 Å². The third-order valence-corrected chi connectivity index (χ3v) is 6.42. The molecule has 2 bridgehead atoms. The number of halogens is 1. The Morgan fingerprint density at radius 3 is 2.32 bits per heavy atom. The summed E-state index contributed by atoms with van der Waals surface area (Å²) < 4.78 is 20.7. The zero-order valence-corrected chi connectivity index (χ0v) is 15.2. The van der Waals surface area contributed by atoms with Gasteiger partial charge < -0.3 is 9.84 Å². The fourth-order valence-corrected chi connectivity index (χ4v) is 5.21. The molecular weight excluding hydrogens is 361 g/mol. The highest BCUT2D eigenvalue weighted by molar-refractivity contribution is 5.83. The number of likely N-dealkylation sites (tertiary alicyclic amines) is 1. The Balaban J connectivity index is 1.40. The average Bonchev–Trinajstić information content (AvgIpc) is 3.32. The van der Waals surface area contributed by atoms with E-state index in [-0.39, 0.29) is 31.3 Å². The van der Waals surface area contributed by atoms with Crippen molar-refractivity contribution in [2.45, 2.75) is 37.0 Å². The van der Waals surface area contributed by atoms with Crippen LogP contribution in [0.1, 0.15) is 36.3 Å². The van der Waals surface area contributed by atoms with Crippen LogP contribution in [0.15, 0.2) is 48.5 Å². The van der Waals surface area contributed by atoms with Crippen LogP contribution in [-0.2, 0) is 9.53 Å². The number of hydrogen-bond donors (Lipinski definition) is 1. The normalized spacial score (nSPS) is 27.5. The lowest BCUT2D eigenvalue weighted by Gasteiger charge is -2.35. The number of rotatable bonds is 3. The number of carboxylic acid groups (broad SMARTS) is 1. The van der Waals surface area contributed by atoms with Gasteiger partial charge in [0.25, 0.3) is 0 Å². The van der Waals surface area contributed by atoms with Gasteiger partial charge in [-0.25, -0.2) is 14.0 Å². The summed E-state index contributed by atoms with van der Waals surface area (Å²) in [4.78, 5) is 25.2. The number of piperidine rings is 1. The predicted octanol–water partition coefficient (Wildman–Crippen LogP) is 4.17. The van der Waals surface area contributed by atoms with Crippen molar-refractivity contribution in [1.82, 2.24) is 4.90 Å². The van der Waals surface area contributed by atoms with Crippen LogP contribution in [0.4, 0.5) is 9.18 Å². The van der Waals surface area contributed by atoms with Crippen molar-refractivity contribution in [3.63, 3.8) is 0 Å². The highest BCUT2D eigenvalue weighted by Gasteiger charge is 2.62. The fourth-order valence-electron chi connectivity index (χ4n) is 5.21. The summed E-state index contributed by atoms with van der Waals surface area (Å²) in [5.74, 6) is -3.56. The van der Waals surface area contributed by atoms with Crippen LogP contribution in [0.5, 0.6) is 0 Å². The van der Waals surface area contributed by atoms with E-state index >= 15 is 4.39 Å². The van der Waals surface area contributed by atoms with Crippen LogP contribution < -0.4 is 0 Å². The van der Waals surface area contributed by atoms with Crippen molar-refractivity contribution in [2.24, 2.45) is 5.92 Å². The molecule has 0 aromatic heterocycles. The Bertz CT molecular complexity index is 931. The first-order valence-electron chi connectivity index (χ1n) is 9.55. The maximum absolute atomic E-state index is 15.1. The first kappa shape index (κ1) is 17.2. The van der Waals surface area contributed by atoms with E-state index in [0.717, 1.165) is 27.2 Å². The van der Waals surface area contributed by atoms with Crippen LogP contribution >= 0.6 is 0 Å². The molecule has 144 valence electrons. The van der Waals surface area contributed by atoms with E-state index in [0.29, 0.717) is 6.42 Å². The average molecular weight is 381 g/mol. The van der Waals surface area contributed by atoms with Crippen molar-refractivity contribution >= 4 is 12.1 Å². The topological polar surface area (TPSA) is 66.8 Å². The van der Waals surface area contributed by atoms with Gasteiger partial charge in [-0.05, 0) is 34.6 Å². The van der Waals surface area contributed by atoms with Crippen molar-refractivity contribution in [2.75, 3.05) is 6.61 Å². The van der Waals surface area contributed by atoms with Gasteiger partial charge in [-0.15, -0.1) is 0 Å². The highest BCUT2D eigenvalue weighted by Crippen LogP contribution is 2.52. The third kappa shape index (κ3) is 2.37. The summed E-state index contributed by atoms with van der Waals surface area (Å²) in [6.45, 7) is 0.0520. The van der Waals surface area contributed by atoms with Gasteiger partial charge in [0.15, 0.2) is 5.79 Å². The molecule has 1 heterocycles. The highest BCUT2D eigenvalue weighted by atomic mass is 19.1. The molecule has 6 heteroatoms. The van der Waals surface area contributed by atoms with Crippen molar-refractivity contribution in [1.29, 1.82) is 0 Å². The monoisotopic (exact) mass is 381 g/mol. The minimum Gasteiger partial charge on any atom is -0.480 e. The summed E-state index contributed by atoms with van der Waals surface area (Å²) in [5, 5.41) is 9.49. The lowest BCUT2D eigenvalue weighted by Crippen LogP contribution is -2.53. The smallest absolute Gasteiger partial charge is 0.413 e. The summed E-state index contributed by atoms with van der Waals surface area (Å²) in [6, 6.07) is 14.7. The van der Waals surface area contributed by atoms with Crippen LogP contribution in [0, 0.1) is 5.92 Å². The van der Waals surface area contributed by atoms with Crippen molar-refractivity contribution in [3.05, 3.63) is 59.7 Å². The van der Waals surface area contributed by atoms with Gasteiger partial charge in [-0.3, -0.25) is 4.90 Å². The molecule has 1 saturated carbocycles. The summed E-state index contributed by atoms with van der Waals surface area (Å²) in [7, 11) is 0. The van der Waals surface area contributed by atoms with Gasteiger partial charge in [0.2, 0.25) is 0 Å². The molecule has 0 radical (unpaired) electrons. The van der Waals surface area contributed by atoms with Gasteiger partial charge in [0.05, 0.1) is 0 Å². The van der Waals surface area contributed by atoms with Crippen LogP contribution in [0.25, 0.3) is 11.1 Å². The van der Waals surface area contributed by atoms with Crippen molar-refractivity contribution < 1.29 is 23.8 Å². The first-order chi connectivity index (χ1) is 13.5. The molecule has 5 rings (SSSR count). The Morgan fingerprint density at radius 2 is 1.71 bits per heavy atom. The van der Waals surface area contributed by atoms with E-state index in [4.69, 9.17) is 4.74 Å². The van der Waals surface area contributed by atoms with E-state index in [9.17, 15) is 14.7 Å². The molecule has 2 aromatic rings. The lowest BCUT2D eigenvalue weighted by atomic mass is 9.98. The van der Waals surface area contributed by atoms with Crippen LogP contribution in [0.2, 0.25) is 0 Å². The van der Waals surface area contributed by atoms with Crippen molar-refractivity contribution in [3.8, 4) is 11.1 Å². The Kier molecular flexibility index (Phi) is 3.73. The Morgan fingerprint density at radius 1 is 1.11 bits per heavy atom. The first-order valence-corrected chi connectivity index (χ1v) is 9.55. The summed E-state index contributed by atoms with van der Waals surface area (Å²) >= 11 is 0. The molecule has 1 aliphatic heterocycles. The van der Waals surface area contributed by atoms with E-state index < -0.39 is 23.9 Å². The molecule has 0 spiro atoms. The number of carboxylic acids is 1. The molecule has 1 saturated heterocycles. The van der Waals surface area contributed by atoms with E-state index in [1.54, 1.807) is 0 Å². The maximum Gasteiger partial charge on any atom is 0.413 e. The number of alkyl halides is 1. The number of carbonyl (C=O) groups excluding carboxylic acids is 1. The molecule has 2 aliphatic carbocycles. The second-order valence-electron chi connectivity index (χ2n) is 7.88. The molecule has 2 fully saturated rings. The summed E-state index contributed by atoms with van der Waals surface area (Å²) in [6.07, 6.45) is -0.139. The molecule has 28 heavy (non-hydrogen) atoms. The number of aliphatic carboxylic acids is 1. The lowest BCUT2D eigenvalue weighted by molar-refractivity contribution is -0.148. The number of amides is 1. The second kappa shape index (κ2) is 6.06. The largest absolute Gasteiger partial charge is 0.480 e. The van der Waals surface area contributed by atoms with Gasteiger partial charge in [-0.2, -0.15) is 0 Å². The molecule has 1 amide bonds. The molecule has 2 aromatic carbocycles. The van der Waals surface area contributed by atoms with Gasteiger partial charge in [0, 0.05) is 18.8 Å². The van der Waals surface area contributed by atoms with E-state index in [1.165, 1.54) is 0 Å². The Hall–Kier alpha value is -2.89. The van der Waals surface area contributed by atoms with E-state index in [1.807, 2.05) is 48.5 Å². The predicted molar refractivity (Wildman–Crippen MR) is 99.5 cm³/mol. The molecule has 0 unspecified atom stereocenters. The Labute approximate surface area is 161 Å². The molecule has 3 aliphatic rings. The zero-order valence-electron chi connectivity index (χ0n) is 15.2. The number of hydrogen-bond acceptors (Lipinski definition) is 3. The number of nitrogens with zero attached hydrogens (tertiary/aromatic N) is 1. The quantitative estimate of drug-likeness (QED) is 0.811. The number of carbonyl (C=O) groups is 2. The molecular formula is C22H20FNO4. The zero-order chi connectivity index (χ0) is 19.5. The minimum atomic E-state index is -1.91. The van der Waals surface area contributed by atoms with Crippen LogP contribution in [-0.4, -0.2) is 40.5 Å². The molecule has 3 atom stereocenters. The number of benzene rings is 2. The third-order valence-electron chi connectivity index (χ3n) is 6.42. The number of ether oxygens (including phenoxy) is 1. The SMILES string of the molecule is O=C(O)[C@@H]1[C@@H]2CC[C@@](F)(C2)N1C(=O)OCC1c2ccccc2-c2ccccc21. The van der Waals surface area contributed by atoms with E-state index in [2.05, 4.69) is 0 Å². The standard InChI is InChI=1S/C22H20FNO4/c23-22-10-9-13(11-22)19(20(25)26)24(22)21(27)28-12-18-16-7-3-1-5-14(16)15-6-2-4-8-17(15)18/h1-8,13,18-19H,9-12H2,(H,25,26)/t13-,19+,22+/m1/s1.